The molecule has 0 unspecified atom stereocenters. The number of sulfonamides is 1. The summed E-state index contributed by atoms with van der Waals surface area (Å²) in [6.07, 6.45) is 3.56. The number of carbonyl (C=O) groups excluding carboxylic acids is 1. The third-order valence-electron chi connectivity index (χ3n) is 10.7. The summed E-state index contributed by atoms with van der Waals surface area (Å²) in [5, 5.41) is 3.44. The zero-order valence-corrected chi connectivity index (χ0v) is 37.1. The summed E-state index contributed by atoms with van der Waals surface area (Å²) in [7, 11) is -10.9. The number of rotatable bonds is 16. The molecule has 0 radical (unpaired) electrons. The second-order valence-corrected chi connectivity index (χ2v) is 20.1. The molecule has 0 bridgehead atoms. The smallest absolute Gasteiger partial charge is 0.380 e. The van der Waals surface area contributed by atoms with Gasteiger partial charge in [0, 0.05) is 98.3 Å². The number of sulfone groups is 1. The number of benzene rings is 4. The van der Waals surface area contributed by atoms with Crippen molar-refractivity contribution in [2.24, 2.45) is 0 Å². The largest absolute Gasteiger partial charge is 0.501 e. The minimum Gasteiger partial charge on any atom is -0.380 e. The Kier molecular flexibility index (Phi) is 15.0. The molecule has 63 heavy (non-hydrogen) atoms. The van der Waals surface area contributed by atoms with Gasteiger partial charge in [0.2, 0.25) is 0 Å². The lowest BCUT2D eigenvalue weighted by Gasteiger charge is -2.36. The van der Waals surface area contributed by atoms with Gasteiger partial charge in [-0.1, -0.05) is 54.1 Å². The molecule has 7 rings (SSSR count). The maximum atomic E-state index is 14.1. The standard InChI is InChI=1S/C43H45ClF3N7O6S3/c44-33-27-48-41(49-28-33)38-9-5-4-6-32(38)29-53-18-20-54(21-19-53)35-12-10-31(11-13-35)42(55)51-63(58,59)37-14-15-39(40(26-37)62(56,57)43(45,46)47)50-34(16-17-52-22-24-60-25-23-52)30-61-36-7-2-1-3-8-36/h1-15,26-28,34,50H,16-25,29-30H2,(H,51,55)/t34-/m1/s1. The number of aromatic nitrogens is 2. The highest BCUT2D eigenvalue weighted by atomic mass is 35.5. The molecule has 20 heteroatoms. The molecule has 2 aliphatic rings. The van der Waals surface area contributed by atoms with Crippen LogP contribution in [0, 0.1) is 0 Å². The quantitative estimate of drug-likeness (QED) is 0.0996. The van der Waals surface area contributed by atoms with Crippen molar-refractivity contribution in [3.8, 4) is 11.4 Å². The van der Waals surface area contributed by atoms with E-state index in [0.717, 1.165) is 46.9 Å². The molecule has 3 heterocycles. The van der Waals surface area contributed by atoms with Crippen LogP contribution in [0.15, 0.2) is 124 Å². The second kappa shape index (κ2) is 20.4. The molecule has 1 amide bonds. The highest BCUT2D eigenvalue weighted by Crippen LogP contribution is 2.37. The van der Waals surface area contributed by atoms with Crippen LogP contribution in [0.1, 0.15) is 22.3 Å². The first-order valence-corrected chi connectivity index (χ1v) is 24.4. The number of ether oxygens (including phenoxy) is 1. The summed E-state index contributed by atoms with van der Waals surface area (Å²) in [6.45, 7) is 6.49. The number of nitrogens with one attached hydrogen (secondary N) is 2. The summed E-state index contributed by atoms with van der Waals surface area (Å²) in [5.41, 5.74) is -3.39. The maximum Gasteiger partial charge on any atom is 0.501 e. The average Bonchev–Trinajstić information content (AvgIpc) is 3.28. The van der Waals surface area contributed by atoms with Gasteiger partial charge in [0.1, 0.15) is 4.90 Å². The van der Waals surface area contributed by atoms with E-state index in [1.165, 1.54) is 23.9 Å². The lowest BCUT2D eigenvalue weighted by molar-refractivity contribution is -0.0435. The molecule has 2 fully saturated rings. The molecule has 2 N–H and O–H groups in total. The van der Waals surface area contributed by atoms with Crippen molar-refractivity contribution in [1.29, 1.82) is 0 Å². The first kappa shape index (κ1) is 46.2. The van der Waals surface area contributed by atoms with Crippen LogP contribution in [0.4, 0.5) is 24.5 Å². The summed E-state index contributed by atoms with van der Waals surface area (Å²) in [6, 6.07) is 25.4. The van der Waals surface area contributed by atoms with E-state index in [4.69, 9.17) is 16.3 Å². The van der Waals surface area contributed by atoms with E-state index in [-0.39, 0.29) is 5.56 Å². The van der Waals surface area contributed by atoms with Crippen molar-refractivity contribution in [3.63, 3.8) is 0 Å². The lowest BCUT2D eigenvalue weighted by Crippen LogP contribution is -2.46. The minimum absolute atomic E-state index is 0.0255. The van der Waals surface area contributed by atoms with Gasteiger partial charge in [-0.25, -0.2) is 31.5 Å². The number of anilines is 2. The van der Waals surface area contributed by atoms with Gasteiger partial charge in [0.05, 0.1) is 28.8 Å². The van der Waals surface area contributed by atoms with Crippen molar-refractivity contribution in [1.82, 2.24) is 24.5 Å². The first-order chi connectivity index (χ1) is 30.2. The second-order valence-electron chi connectivity index (χ2n) is 14.9. The molecule has 1 atom stereocenters. The number of morpholine rings is 1. The van der Waals surface area contributed by atoms with E-state index >= 15 is 0 Å². The van der Waals surface area contributed by atoms with Gasteiger partial charge in [-0.3, -0.25) is 14.6 Å². The van der Waals surface area contributed by atoms with Crippen LogP contribution >= 0.6 is 23.4 Å². The van der Waals surface area contributed by atoms with Gasteiger partial charge in [0.15, 0.2) is 5.82 Å². The van der Waals surface area contributed by atoms with Crippen molar-refractivity contribution in [2.75, 3.05) is 75.0 Å². The van der Waals surface area contributed by atoms with Crippen molar-refractivity contribution >= 4 is 60.5 Å². The van der Waals surface area contributed by atoms with Crippen LogP contribution in [-0.4, -0.2) is 119 Å². The SMILES string of the molecule is O=C(NS(=O)(=O)c1ccc(N[C@H](CCN2CCOCC2)CSc2ccccc2)c(S(=O)(=O)C(F)(F)F)c1)c1ccc(N2CCN(Cc3ccccc3-c3ncc(Cl)cn3)CC2)cc1. The number of thioether (sulfide) groups is 1. The molecule has 2 aliphatic heterocycles. The summed E-state index contributed by atoms with van der Waals surface area (Å²) in [5.74, 6) is -0.0933. The number of piperazine rings is 1. The van der Waals surface area contributed by atoms with E-state index in [0.29, 0.717) is 81.6 Å². The summed E-state index contributed by atoms with van der Waals surface area (Å²) in [4.78, 5) is 27.4. The lowest BCUT2D eigenvalue weighted by atomic mass is 10.1. The highest BCUT2D eigenvalue weighted by molar-refractivity contribution is 7.99. The number of amides is 1. The van der Waals surface area contributed by atoms with E-state index in [1.54, 1.807) is 24.5 Å². The molecule has 5 aromatic rings. The monoisotopic (exact) mass is 943 g/mol. The Balaban J connectivity index is 1.02. The average molecular weight is 945 g/mol. The van der Waals surface area contributed by atoms with Crippen LogP contribution in [0.5, 0.6) is 0 Å². The van der Waals surface area contributed by atoms with E-state index in [2.05, 4.69) is 30.0 Å². The topological polar surface area (TPSA) is 154 Å². The molecule has 0 saturated carbocycles. The van der Waals surface area contributed by atoms with E-state index in [9.17, 15) is 34.8 Å². The number of carbonyl (C=O) groups is 1. The molecular formula is C43H45ClF3N7O6S3. The molecule has 0 aliphatic carbocycles. The van der Waals surface area contributed by atoms with Gasteiger partial charge in [-0.2, -0.15) is 13.2 Å². The van der Waals surface area contributed by atoms with Gasteiger partial charge in [0.25, 0.3) is 25.8 Å². The number of alkyl halides is 3. The molecule has 334 valence electrons. The van der Waals surface area contributed by atoms with Crippen LogP contribution in [0.3, 0.4) is 0 Å². The van der Waals surface area contributed by atoms with Gasteiger partial charge >= 0.3 is 5.51 Å². The van der Waals surface area contributed by atoms with Crippen molar-refractivity contribution < 1.29 is 39.5 Å². The Bertz CT molecular complexity index is 2560. The molecule has 4 aromatic carbocycles. The number of halogens is 4. The molecule has 1 aromatic heterocycles. The van der Waals surface area contributed by atoms with Gasteiger partial charge < -0.3 is 15.0 Å². The number of hydrogen-bond acceptors (Lipinski definition) is 13. The number of hydrogen-bond donors (Lipinski definition) is 2. The fraction of sp³-hybridized carbons (Fsp3) is 0.326. The Morgan fingerprint density at radius 3 is 2.17 bits per heavy atom. The summed E-state index contributed by atoms with van der Waals surface area (Å²) < 4.78 is 103. The van der Waals surface area contributed by atoms with Gasteiger partial charge in [-0.05, 0) is 66.6 Å². The highest BCUT2D eigenvalue weighted by Gasteiger charge is 2.48. The minimum atomic E-state index is -6.06. The predicted molar refractivity (Wildman–Crippen MR) is 237 cm³/mol. The third kappa shape index (κ3) is 11.9. The Morgan fingerprint density at radius 2 is 1.49 bits per heavy atom. The van der Waals surface area contributed by atoms with Crippen molar-refractivity contribution in [3.05, 3.63) is 126 Å². The van der Waals surface area contributed by atoms with E-state index < -0.39 is 52.8 Å². The Labute approximate surface area is 374 Å². The Morgan fingerprint density at radius 1 is 0.825 bits per heavy atom. The fourth-order valence-electron chi connectivity index (χ4n) is 7.23. The van der Waals surface area contributed by atoms with Crippen molar-refractivity contribution in [2.45, 2.75) is 39.2 Å². The molecular weight excluding hydrogens is 899 g/mol. The van der Waals surface area contributed by atoms with Crippen LogP contribution in [0.2, 0.25) is 5.02 Å². The normalized spacial score (nSPS) is 16.1. The van der Waals surface area contributed by atoms with Crippen LogP contribution < -0.4 is 14.9 Å². The third-order valence-corrected chi connectivity index (χ3v) is 14.9. The predicted octanol–water partition coefficient (Wildman–Crippen LogP) is 6.83. The Hall–Kier alpha value is -4.76. The molecule has 2 saturated heterocycles. The maximum absolute atomic E-state index is 14.1. The van der Waals surface area contributed by atoms with E-state index in [1.807, 2.05) is 59.3 Å². The zero-order valence-electron chi connectivity index (χ0n) is 33.9. The molecule has 0 spiro atoms. The van der Waals surface area contributed by atoms with Crippen LogP contribution in [-0.2, 0) is 31.1 Å². The van der Waals surface area contributed by atoms with Crippen LogP contribution in [0.25, 0.3) is 11.4 Å². The molecule has 13 nitrogen and oxygen atoms in total. The first-order valence-electron chi connectivity index (χ1n) is 20.1. The fourth-order valence-corrected chi connectivity index (χ4v) is 10.3. The van der Waals surface area contributed by atoms with Gasteiger partial charge in [-0.15, -0.1) is 11.8 Å². The number of nitrogens with zero attached hydrogens (tertiary/aromatic N) is 5. The zero-order chi connectivity index (χ0) is 44.6. The summed E-state index contributed by atoms with van der Waals surface area (Å²) >= 11 is 7.43.